The Kier molecular flexibility index (Phi) is 40.7. The second-order valence-corrected chi connectivity index (χ2v) is 15.3. The molecule has 0 aromatic rings. The minimum Gasteiger partial charge on any atom is -0.462 e. The maximum Gasteiger partial charge on any atom is 0.306 e. The van der Waals surface area contributed by atoms with E-state index in [-0.39, 0.29) is 37.5 Å². The van der Waals surface area contributed by atoms with Crippen molar-refractivity contribution in [3.8, 4) is 0 Å². The SMILES string of the molecule is CCCCCCCCCCCCCCCCCC(=O)OCC(CNC(=O)CNCCCN)OC(=O)CCCCCCCCCCCCCCCCC. The lowest BCUT2D eigenvalue weighted by atomic mass is 10.0. The van der Waals surface area contributed by atoms with Gasteiger partial charge in [-0.2, -0.15) is 0 Å². The third-order valence-electron chi connectivity index (χ3n) is 10.1. The van der Waals surface area contributed by atoms with E-state index in [0.717, 1.165) is 44.9 Å². The van der Waals surface area contributed by atoms with Gasteiger partial charge < -0.3 is 25.8 Å². The number of amides is 1. The molecule has 0 aromatic carbocycles. The molecule has 52 heavy (non-hydrogen) atoms. The van der Waals surface area contributed by atoms with Crippen LogP contribution in [0.5, 0.6) is 0 Å². The lowest BCUT2D eigenvalue weighted by Gasteiger charge is -2.19. The predicted molar refractivity (Wildman–Crippen MR) is 219 cm³/mol. The Morgan fingerprint density at radius 1 is 0.500 bits per heavy atom. The van der Waals surface area contributed by atoms with Gasteiger partial charge in [0.05, 0.1) is 13.1 Å². The fourth-order valence-corrected chi connectivity index (χ4v) is 6.64. The summed E-state index contributed by atoms with van der Waals surface area (Å²) < 4.78 is 11.2. The predicted octanol–water partition coefficient (Wildman–Crippen LogP) is 11.0. The molecule has 8 heteroatoms. The molecule has 0 fully saturated rings. The van der Waals surface area contributed by atoms with E-state index in [4.69, 9.17) is 15.2 Å². The number of nitrogens with one attached hydrogen (secondary N) is 2. The van der Waals surface area contributed by atoms with E-state index >= 15 is 0 Å². The number of hydrogen-bond acceptors (Lipinski definition) is 7. The van der Waals surface area contributed by atoms with Gasteiger partial charge in [0.2, 0.25) is 5.91 Å². The van der Waals surface area contributed by atoms with Crippen LogP contribution in [-0.2, 0) is 23.9 Å². The highest BCUT2D eigenvalue weighted by Gasteiger charge is 2.18. The Morgan fingerprint density at radius 3 is 1.25 bits per heavy atom. The molecule has 0 saturated carbocycles. The number of rotatable bonds is 42. The molecule has 0 aliphatic heterocycles. The standard InChI is InChI=1S/C44H87N3O5/c1-3-5-7-9-11-13-15-17-19-21-23-25-27-29-31-34-43(49)51-40-41(38-47-42(48)39-46-37-33-36-45)52-44(50)35-32-30-28-26-24-22-20-18-16-14-12-10-8-6-4-2/h41,46H,3-40,45H2,1-2H3,(H,47,48). The molecule has 1 amide bonds. The Bertz CT molecular complexity index is 781. The minimum absolute atomic E-state index is 0.0386. The van der Waals surface area contributed by atoms with Gasteiger partial charge in [-0.1, -0.05) is 194 Å². The first-order chi connectivity index (χ1) is 25.5. The summed E-state index contributed by atoms with van der Waals surface area (Å²) in [7, 11) is 0. The maximum atomic E-state index is 12.6. The Balaban J connectivity index is 4.11. The Morgan fingerprint density at radius 2 is 0.865 bits per heavy atom. The van der Waals surface area contributed by atoms with Crippen molar-refractivity contribution >= 4 is 17.8 Å². The van der Waals surface area contributed by atoms with Crippen LogP contribution in [0.15, 0.2) is 0 Å². The average molecular weight is 738 g/mol. The topological polar surface area (TPSA) is 120 Å². The highest BCUT2D eigenvalue weighted by Crippen LogP contribution is 2.16. The molecular formula is C44H87N3O5. The summed E-state index contributed by atoms with van der Waals surface area (Å²) in [5, 5.41) is 5.86. The summed E-state index contributed by atoms with van der Waals surface area (Å²) in [5.41, 5.74) is 5.51. The molecule has 8 nitrogen and oxygen atoms in total. The van der Waals surface area contributed by atoms with Crippen LogP contribution in [0.2, 0.25) is 0 Å². The van der Waals surface area contributed by atoms with E-state index in [1.807, 2.05) is 0 Å². The normalized spacial score (nSPS) is 11.8. The lowest BCUT2D eigenvalue weighted by molar-refractivity contribution is -0.159. The molecule has 0 saturated heterocycles. The van der Waals surface area contributed by atoms with Crippen molar-refractivity contribution in [3.05, 3.63) is 0 Å². The molecule has 0 radical (unpaired) electrons. The molecule has 0 aliphatic carbocycles. The second kappa shape index (κ2) is 42.1. The van der Waals surface area contributed by atoms with Gasteiger partial charge in [0.15, 0.2) is 6.10 Å². The Hall–Kier alpha value is -1.67. The molecule has 0 heterocycles. The number of nitrogens with two attached hydrogens (primary N) is 1. The summed E-state index contributed by atoms with van der Waals surface area (Å²) in [6.45, 7) is 6.02. The van der Waals surface area contributed by atoms with Crippen molar-refractivity contribution < 1.29 is 23.9 Å². The van der Waals surface area contributed by atoms with Gasteiger partial charge in [-0.3, -0.25) is 14.4 Å². The van der Waals surface area contributed by atoms with E-state index in [9.17, 15) is 14.4 Å². The first-order valence-corrected chi connectivity index (χ1v) is 22.6. The van der Waals surface area contributed by atoms with E-state index < -0.39 is 6.10 Å². The van der Waals surface area contributed by atoms with E-state index in [2.05, 4.69) is 24.5 Å². The van der Waals surface area contributed by atoms with Gasteiger partial charge in [0.1, 0.15) is 6.61 Å². The van der Waals surface area contributed by atoms with E-state index in [1.54, 1.807) is 0 Å². The number of ether oxygens (including phenoxy) is 2. The third kappa shape index (κ3) is 39.5. The van der Waals surface area contributed by atoms with Crippen LogP contribution in [0.25, 0.3) is 0 Å². The molecule has 0 aromatic heterocycles. The summed E-state index contributed by atoms with van der Waals surface area (Å²) in [4.78, 5) is 37.4. The quantitative estimate of drug-likeness (QED) is 0.0421. The van der Waals surface area contributed by atoms with E-state index in [0.29, 0.717) is 25.9 Å². The van der Waals surface area contributed by atoms with Crippen molar-refractivity contribution in [2.75, 3.05) is 32.8 Å². The zero-order chi connectivity index (χ0) is 38.0. The third-order valence-corrected chi connectivity index (χ3v) is 10.1. The fraction of sp³-hybridized carbons (Fsp3) is 0.932. The smallest absolute Gasteiger partial charge is 0.306 e. The van der Waals surface area contributed by atoms with E-state index in [1.165, 1.54) is 154 Å². The largest absolute Gasteiger partial charge is 0.462 e. The molecular weight excluding hydrogens is 650 g/mol. The van der Waals surface area contributed by atoms with Gasteiger partial charge >= 0.3 is 11.9 Å². The van der Waals surface area contributed by atoms with Crippen molar-refractivity contribution in [1.29, 1.82) is 0 Å². The molecule has 0 spiro atoms. The van der Waals surface area contributed by atoms with Gasteiger partial charge in [0, 0.05) is 12.8 Å². The first kappa shape index (κ1) is 50.3. The number of unbranched alkanes of at least 4 members (excludes halogenated alkanes) is 28. The molecule has 1 unspecified atom stereocenters. The zero-order valence-electron chi connectivity index (χ0n) is 34.6. The maximum absolute atomic E-state index is 12.6. The summed E-state index contributed by atoms with van der Waals surface area (Å²) in [5.74, 6) is -0.758. The van der Waals surface area contributed by atoms with Crippen LogP contribution in [0, 0.1) is 0 Å². The fourth-order valence-electron chi connectivity index (χ4n) is 6.64. The van der Waals surface area contributed by atoms with Crippen LogP contribution < -0.4 is 16.4 Å². The van der Waals surface area contributed by atoms with Crippen molar-refractivity contribution in [1.82, 2.24) is 10.6 Å². The highest BCUT2D eigenvalue weighted by molar-refractivity contribution is 5.78. The molecule has 1 atom stereocenters. The molecule has 0 bridgehead atoms. The van der Waals surface area contributed by atoms with Crippen LogP contribution in [0.4, 0.5) is 0 Å². The van der Waals surface area contributed by atoms with Gasteiger partial charge in [-0.25, -0.2) is 0 Å². The number of hydrogen-bond donors (Lipinski definition) is 3. The molecule has 0 aliphatic rings. The minimum atomic E-state index is -0.693. The van der Waals surface area contributed by atoms with Crippen molar-refractivity contribution in [2.45, 2.75) is 232 Å². The second-order valence-electron chi connectivity index (χ2n) is 15.3. The summed E-state index contributed by atoms with van der Waals surface area (Å²) >= 11 is 0. The summed E-state index contributed by atoms with van der Waals surface area (Å²) in [6.07, 6.45) is 39.1. The van der Waals surface area contributed by atoms with Crippen molar-refractivity contribution in [3.63, 3.8) is 0 Å². The molecule has 4 N–H and O–H groups in total. The average Bonchev–Trinajstić information content (AvgIpc) is 3.14. The molecule has 0 rings (SSSR count). The van der Waals surface area contributed by atoms with Crippen LogP contribution in [-0.4, -0.2) is 56.7 Å². The number of carbonyl (C=O) groups is 3. The first-order valence-electron chi connectivity index (χ1n) is 22.6. The van der Waals surface area contributed by atoms with Gasteiger partial charge in [-0.15, -0.1) is 0 Å². The van der Waals surface area contributed by atoms with Gasteiger partial charge in [-0.05, 0) is 32.4 Å². The van der Waals surface area contributed by atoms with Crippen LogP contribution in [0.3, 0.4) is 0 Å². The van der Waals surface area contributed by atoms with Crippen molar-refractivity contribution in [2.24, 2.45) is 5.73 Å². The van der Waals surface area contributed by atoms with Crippen LogP contribution in [0.1, 0.15) is 226 Å². The number of carbonyl (C=O) groups excluding carboxylic acids is 3. The number of esters is 2. The summed E-state index contributed by atoms with van der Waals surface area (Å²) in [6, 6.07) is 0. The Labute approximate surface area is 322 Å². The molecule has 308 valence electrons. The highest BCUT2D eigenvalue weighted by atomic mass is 16.6. The van der Waals surface area contributed by atoms with Gasteiger partial charge in [0.25, 0.3) is 0 Å². The monoisotopic (exact) mass is 738 g/mol. The zero-order valence-corrected chi connectivity index (χ0v) is 34.6. The lowest BCUT2D eigenvalue weighted by Crippen LogP contribution is -2.41. The van der Waals surface area contributed by atoms with Crippen LogP contribution >= 0.6 is 0 Å².